The molecule has 0 saturated carbocycles. The quantitative estimate of drug-likeness (QED) is 0.561. The van der Waals surface area contributed by atoms with E-state index in [1.807, 2.05) is 50.2 Å². The van der Waals surface area contributed by atoms with Crippen molar-refractivity contribution in [1.29, 1.82) is 0 Å². The third kappa shape index (κ3) is 5.24. The Hall–Kier alpha value is -3.35. The molecule has 0 bridgehead atoms. The number of rotatable bonds is 9. The van der Waals surface area contributed by atoms with Crippen molar-refractivity contribution >= 4 is 18.0 Å². The number of carboxylic acids is 1. The molecule has 1 aliphatic rings. The Labute approximate surface area is 201 Å². The Morgan fingerprint density at radius 2 is 1.53 bits per heavy atom. The maximum atomic E-state index is 13.1. The van der Waals surface area contributed by atoms with Crippen molar-refractivity contribution in [2.45, 2.75) is 58.0 Å². The molecule has 2 amide bonds. The first-order chi connectivity index (χ1) is 16.0. The van der Waals surface area contributed by atoms with Crippen LogP contribution in [0.25, 0.3) is 11.1 Å². The monoisotopic (exact) mass is 466 g/mol. The molecule has 7 heteroatoms. The van der Waals surface area contributed by atoms with Crippen LogP contribution in [0.3, 0.4) is 0 Å². The number of ether oxygens (including phenoxy) is 1. The van der Waals surface area contributed by atoms with Crippen molar-refractivity contribution in [2.24, 2.45) is 5.92 Å². The van der Waals surface area contributed by atoms with E-state index in [-0.39, 0.29) is 12.5 Å². The van der Waals surface area contributed by atoms with E-state index >= 15 is 0 Å². The van der Waals surface area contributed by atoms with Gasteiger partial charge in [-0.25, -0.2) is 9.59 Å². The van der Waals surface area contributed by atoms with Gasteiger partial charge in [0, 0.05) is 13.0 Å². The normalized spacial score (nSPS) is 13.7. The molecule has 1 unspecified atom stereocenters. The molecule has 3 rings (SSSR count). The first-order valence-corrected chi connectivity index (χ1v) is 11.7. The molecule has 0 fully saturated rings. The Morgan fingerprint density at radius 1 is 1.00 bits per heavy atom. The number of amides is 2. The zero-order chi connectivity index (χ0) is 25.0. The third-order valence-electron chi connectivity index (χ3n) is 6.66. The van der Waals surface area contributed by atoms with Crippen molar-refractivity contribution < 1.29 is 24.2 Å². The highest BCUT2D eigenvalue weighted by Crippen LogP contribution is 2.44. The number of hydrogen-bond acceptors (Lipinski definition) is 4. The van der Waals surface area contributed by atoms with Gasteiger partial charge < -0.3 is 20.1 Å². The molecule has 2 N–H and O–H groups in total. The number of carbonyl (C=O) groups is 3. The smallest absolute Gasteiger partial charge is 0.407 e. The summed E-state index contributed by atoms with van der Waals surface area (Å²) in [5.41, 5.74) is 3.07. The van der Waals surface area contributed by atoms with Gasteiger partial charge in [-0.05, 0) is 54.9 Å². The number of alkyl carbamates (subject to hydrolysis) is 1. The summed E-state index contributed by atoms with van der Waals surface area (Å²) in [4.78, 5) is 38.7. The van der Waals surface area contributed by atoms with Gasteiger partial charge in [0.05, 0.1) is 0 Å². The van der Waals surface area contributed by atoms with E-state index in [0.717, 1.165) is 22.3 Å². The number of likely N-dealkylation sites (N-methyl/N-ethyl adjacent to an activating group) is 1. The van der Waals surface area contributed by atoms with Crippen molar-refractivity contribution in [3.05, 3.63) is 59.7 Å². The molecule has 1 atom stereocenters. The summed E-state index contributed by atoms with van der Waals surface area (Å²) < 4.78 is 5.60. The largest absolute Gasteiger partial charge is 0.480 e. The highest BCUT2D eigenvalue weighted by Gasteiger charge is 2.38. The molecule has 182 valence electrons. The van der Waals surface area contributed by atoms with Gasteiger partial charge in [0.15, 0.2) is 0 Å². The summed E-state index contributed by atoms with van der Waals surface area (Å²) in [5, 5.41) is 12.2. The van der Waals surface area contributed by atoms with Gasteiger partial charge in [0.25, 0.3) is 0 Å². The zero-order valence-electron chi connectivity index (χ0n) is 20.5. The average molecular weight is 467 g/mol. The predicted molar refractivity (Wildman–Crippen MR) is 131 cm³/mol. The maximum Gasteiger partial charge on any atom is 0.407 e. The second-order valence-electron chi connectivity index (χ2n) is 9.76. The van der Waals surface area contributed by atoms with Crippen LogP contribution in [0.5, 0.6) is 0 Å². The first kappa shape index (κ1) is 25.3. The number of fused-ring (bicyclic) bond motifs is 3. The molecule has 2 aromatic rings. The van der Waals surface area contributed by atoms with Crippen LogP contribution in [0, 0.1) is 5.92 Å². The fourth-order valence-electron chi connectivity index (χ4n) is 4.19. The highest BCUT2D eigenvalue weighted by atomic mass is 16.5. The Balaban J connectivity index is 1.71. The Kier molecular flexibility index (Phi) is 7.64. The fourth-order valence-corrected chi connectivity index (χ4v) is 4.19. The van der Waals surface area contributed by atoms with Crippen molar-refractivity contribution in [3.8, 4) is 11.1 Å². The molecule has 1 aliphatic carbocycles. The van der Waals surface area contributed by atoms with Crippen LogP contribution >= 0.6 is 0 Å². The third-order valence-corrected chi connectivity index (χ3v) is 6.66. The van der Waals surface area contributed by atoms with E-state index in [1.165, 1.54) is 25.8 Å². The molecule has 2 aromatic carbocycles. The molecule has 0 spiro atoms. The van der Waals surface area contributed by atoms with Gasteiger partial charge in [-0.2, -0.15) is 0 Å². The van der Waals surface area contributed by atoms with Crippen LogP contribution in [0.15, 0.2) is 48.5 Å². The minimum absolute atomic E-state index is 0.0865. The SMILES string of the molecule is CC(C)CCC(NC(=O)OCC1c2ccccc2-c2ccccc21)C(=O)N(C)C(C)(C)C(=O)O. The minimum atomic E-state index is -1.41. The van der Waals surface area contributed by atoms with E-state index in [1.54, 1.807) is 0 Å². The van der Waals surface area contributed by atoms with E-state index in [2.05, 4.69) is 17.4 Å². The van der Waals surface area contributed by atoms with Crippen LogP contribution in [-0.4, -0.2) is 53.2 Å². The lowest BCUT2D eigenvalue weighted by atomic mass is 9.98. The van der Waals surface area contributed by atoms with Crippen LogP contribution in [-0.2, 0) is 14.3 Å². The zero-order valence-corrected chi connectivity index (χ0v) is 20.5. The summed E-state index contributed by atoms with van der Waals surface area (Å²) in [6.45, 7) is 7.11. The Bertz CT molecular complexity index is 1020. The number of aliphatic carboxylic acids is 1. The molecule has 0 aromatic heterocycles. The number of nitrogens with one attached hydrogen (secondary N) is 1. The molecular formula is C27H34N2O5. The lowest BCUT2D eigenvalue weighted by Crippen LogP contribution is -2.57. The highest BCUT2D eigenvalue weighted by molar-refractivity contribution is 5.90. The average Bonchev–Trinajstić information content (AvgIpc) is 3.13. The van der Waals surface area contributed by atoms with Crippen LogP contribution in [0.2, 0.25) is 0 Å². The minimum Gasteiger partial charge on any atom is -0.480 e. The number of hydrogen-bond donors (Lipinski definition) is 2. The van der Waals surface area contributed by atoms with Gasteiger partial charge >= 0.3 is 12.1 Å². The number of nitrogens with zero attached hydrogens (tertiary/aromatic N) is 1. The summed E-state index contributed by atoms with van der Waals surface area (Å²) in [6.07, 6.45) is 0.396. The molecule has 0 radical (unpaired) electrons. The molecule has 0 saturated heterocycles. The lowest BCUT2D eigenvalue weighted by molar-refractivity contribution is -0.156. The lowest BCUT2D eigenvalue weighted by Gasteiger charge is -2.34. The van der Waals surface area contributed by atoms with Crippen LogP contribution in [0.4, 0.5) is 4.79 Å². The van der Waals surface area contributed by atoms with E-state index in [4.69, 9.17) is 4.74 Å². The van der Waals surface area contributed by atoms with Crippen LogP contribution in [0.1, 0.15) is 57.6 Å². The van der Waals surface area contributed by atoms with Crippen LogP contribution < -0.4 is 5.32 Å². The molecular weight excluding hydrogens is 432 g/mol. The maximum absolute atomic E-state index is 13.1. The molecule has 0 heterocycles. The Morgan fingerprint density at radius 3 is 2.03 bits per heavy atom. The summed E-state index contributed by atoms with van der Waals surface area (Å²) in [7, 11) is 1.44. The van der Waals surface area contributed by atoms with Gasteiger partial charge in [-0.1, -0.05) is 62.4 Å². The van der Waals surface area contributed by atoms with E-state index in [9.17, 15) is 19.5 Å². The topological polar surface area (TPSA) is 95.9 Å². The summed E-state index contributed by atoms with van der Waals surface area (Å²) >= 11 is 0. The standard InChI is InChI=1S/C27H34N2O5/c1-17(2)14-15-23(24(30)29(5)27(3,4)25(31)32)28-26(33)34-16-22-20-12-8-6-10-18(20)19-11-7-9-13-21(19)22/h6-13,17,22-23H,14-16H2,1-5H3,(H,28,33)(H,31,32). The van der Waals surface area contributed by atoms with E-state index < -0.39 is 29.6 Å². The molecule has 34 heavy (non-hydrogen) atoms. The summed E-state index contributed by atoms with van der Waals surface area (Å²) in [6, 6.07) is 15.3. The number of carbonyl (C=O) groups excluding carboxylic acids is 2. The van der Waals surface area contributed by atoms with E-state index in [0.29, 0.717) is 18.8 Å². The second-order valence-corrected chi connectivity index (χ2v) is 9.76. The molecule has 7 nitrogen and oxygen atoms in total. The van der Waals surface area contributed by atoms with Crippen molar-refractivity contribution in [2.75, 3.05) is 13.7 Å². The second kappa shape index (κ2) is 10.3. The van der Waals surface area contributed by atoms with Gasteiger partial charge in [0.1, 0.15) is 18.2 Å². The van der Waals surface area contributed by atoms with Gasteiger partial charge in [-0.15, -0.1) is 0 Å². The van der Waals surface area contributed by atoms with Gasteiger partial charge in [0.2, 0.25) is 5.91 Å². The number of benzene rings is 2. The van der Waals surface area contributed by atoms with Gasteiger partial charge in [-0.3, -0.25) is 4.79 Å². The first-order valence-electron chi connectivity index (χ1n) is 11.7. The predicted octanol–water partition coefficient (Wildman–Crippen LogP) is 4.65. The molecule has 0 aliphatic heterocycles. The van der Waals surface area contributed by atoms with Crippen molar-refractivity contribution in [1.82, 2.24) is 10.2 Å². The van der Waals surface area contributed by atoms with Crippen molar-refractivity contribution in [3.63, 3.8) is 0 Å². The fraction of sp³-hybridized carbons (Fsp3) is 0.444. The number of carboxylic acid groups (broad SMARTS) is 1. The summed E-state index contributed by atoms with van der Waals surface area (Å²) in [5.74, 6) is -1.34.